The molecule has 0 heterocycles. The largest absolute Gasteiger partial charge is 0.185 e. The molecule has 0 aliphatic heterocycles. The van der Waals surface area contributed by atoms with Gasteiger partial charge in [-0.3, -0.25) is 0 Å². The van der Waals surface area contributed by atoms with Gasteiger partial charge in [-0.1, -0.05) is 0 Å². The molecule has 0 N–H and O–H groups in total. The summed E-state index contributed by atoms with van der Waals surface area (Å²) in [6.07, 6.45) is 0. The van der Waals surface area contributed by atoms with Crippen LogP contribution in [0.5, 0.6) is 0 Å². The van der Waals surface area contributed by atoms with Crippen molar-refractivity contribution in [3.8, 4) is 5.40 Å². The fraction of sp³-hybridized carbons (Fsp3) is 0.300. The Balaban J connectivity index is 2.89. The van der Waals surface area contributed by atoms with Gasteiger partial charge in [0.2, 0.25) is 0 Å². The van der Waals surface area contributed by atoms with E-state index in [1.165, 1.54) is 17.1 Å². The summed E-state index contributed by atoms with van der Waals surface area (Å²) in [5.74, 6) is 0. The van der Waals surface area contributed by atoms with E-state index < -0.39 is 7.26 Å². The zero-order valence-corrected chi connectivity index (χ0v) is 9.82. The van der Waals surface area contributed by atoms with Gasteiger partial charge in [-0.2, -0.15) is 5.26 Å². The van der Waals surface area contributed by atoms with E-state index in [4.69, 9.17) is 5.26 Å². The van der Waals surface area contributed by atoms with Crippen LogP contribution in [-0.4, -0.2) is 20.0 Å². The molecule has 1 aromatic rings. The van der Waals surface area contributed by atoms with Crippen molar-refractivity contribution in [1.29, 1.82) is 5.26 Å². The Hall–Kier alpha value is -0.510. The Kier molecular flexibility index (Phi) is 3.36. The van der Waals surface area contributed by atoms with E-state index in [1.54, 1.807) is 0 Å². The van der Waals surface area contributed by atoms with E-state index in [9.17, 15) is 0 Å². The van der Waals surface area contributed by atoms with Crippen molar-refractivity contribution < 1.29 is 0 Å². The molecule has 1 nitrogen and oxygen atoms in total. The van der Waals surface area contributed by atoms with Crippen LogP contribution in [0.2, 0.25) is 0 Å². The molecule has 0 unspecified atom stereocenters. The lowest BCUT2D eigenvalue weighted by Crippen LogP contribution is -2.06. The van der Waals surface area contributed by atoms with Gasteiger partial charge in [0.05, 0.1) is 25.3 Å². The molecule has 1 aromatic carbocycles. The number of hydrogen-bond acceptors (Lipinski definition) is 2. The van der Waals surface area contributed by atoms with Crippen molar-refractivity contribution in [3.63, 3.8) is 0 Å². The molecule has 0 bridgehead atoms. The number of rotatable bonds is 2. The smallest absolute Gasteiger partial charge is 0.138 e. The van der Waals surface area contributed by atoms with E-state index >= 15 is 0 Å². The second-order valence-corrected chi connectivity index (χ2v) is 9.10. The summed E-state index contributed by atoms with van der Waals surface area (Å²) in [7, 11) is -0.899. The monoisotopic (exact) mass is 210 g/mol. The molecule has 0 saturated heterocycles. The average Bonchev–Trinajstić information content (AvgIpc) is 2.04. The summed E-state index contributed by atoms with van der Waals surface area (Å²) in [4.78, 5) is 1.03. The average molecular weight is 210 g/mol. The highest BCUT2D eigenvalue weighted by atomic mass is 32.2. The lowest BCUT2D eigenvalue weighted by atomic mass is 10.4. The van der Waals surface area contributed by atoms with E-state index in [-0.39, 0.29) is 0 Å². The van der Waals surface area contributed by atoms with Crippen LogP contribution in [0.25, 0.3) is 0 Å². The highest BCUT2D eigenvalue weighted by Gasteiger charge is 2.20. The van der Waals surface area contributed by atoms with Gasteiger partial charge >= 0.3 is 0 Å². The Morgan fingerprint density at radius 3 is 2.08 bits per heavy atom. The van der Waals surface area contributed by atoms with Crippen LogP contribution in [0, 0.1) is 10.7 Å². The van der Waals surface area contributed by atoms with E-state index in [1.807, 2.05) is 12.1 Å². The maximum Gasteiger partial charge on any atom is 0.138 e. The molecular formula is C10H13NPS+. The molecule has 0 aliphatic rings. The summed E-state index contributed by atoms with van der Waals surface area (Å²) >= 11 is 1.21. The fourth-order valence-corrected chi connectivity index (χ4v) is 2.44. The lowest BCUT2D eigenvalue weighted by Gasteiger charge is -2.11. The first-order chi connectivity index (χ1) is 6.04. The molecule has 68 valence electrons. The molecule has 0 amide bonds. The fourth-order valence-electron chi connectivity index (χ4n) is 1.01. The van der Waals surface area contributed by atoms with E-state index in [0.717, 1.165) is 4.90 Å². The SMILES string of the molecule is C[P+](C)(C)c1ccc(SC#N)cc1. The minimum Gasteiger partial charge on any atom is -0.185 e. The quantitative estimate of drug-likeness (QED) is 0.426. The summed E-state index contributed by atoms with van der Waals surface area (Å²) < 4.78 is 0. The summed E-state index contributed by atoms with van der Waals surface area (Å²) in [5, 5.41) is 11.9. The topological polar surface area (TPSA) is 23.8 Å². The first-order valence-corrected chi connectivity index (χ1v) is 7.97. The molecule has 1 rings (SSSR count). The van der Waals surface area contributed by atoms with Crippen molar-refractivity contribution in [2.45, 2.75) is 4.90 Å². The zero-order valence-electron chi connectivity index (χ0n) is 8.11. The molecule has 13 heavy (non-hydrogen) atoms. The third-order valence-corrected chi connectivity index (χ3v) is 4.22. The Morgan fingerprint density at radius 1 is 1.15 bits per heavy atom. The van der Waals surface area contributed by atoms with Crippen molar-refractivity contribution in [1.82, 2.24) is 0 Å². The van der Waals surface area contributed by atoms with Crippen LogP contribution in [0.1, 0.15) is 0 Å². The van der Waals surface area contributed by atoms with Crippen LogP contribution in [0.3, 0.4) is 0 Å². The Bertz CT molecular complexity index is 318. The van der Waals surface area contributed by atoms with Crippen LogP contribution >= 0.6 is 19.0 Å². The maximum absolute atomic E-state index is 8.47. The van der Waals surface area contributed by atoms with Crippen molar-refractivity contribution in [2.24, 2.45) is 0 Å². The third kappa shape index (κ3) is 3.03. The molecule has 0 radical (unpaired) electrons. The van der Waals surface area contributed by atoms with Crippen LogP contribution in [0.4, 0.5) is 0 Å². The first kappa shape index (κ1) is 10.6. The van der Waals surface area contributed by atoms with Crippen LogP contribution < -0.4 is 5.30 Å². The predicted octanol–water partition coefficient (Wildman–Crippen LogP) is 2.79. The predicted molar refractivity (Wildman–Crippen MR) is 62.2 cm³/mol. The van der Waals surface area contributed by atoms with E-state index in [0.29, 0.717) is 0 Å². The van der Waals surface area contributed by atoms with Gasteiger partial charge < -0.3 is 0 Å². The molecule has 0 spiro atoms. The number of nitrogens with zero attached hydrogens (tertiary/aromatic N) is 1. The normalized spacial score (nSPS) is 10.9. The minimum atomic E-state index is -0.899. The van der Waals surface area contributed by atoms with Gasteiger partial charge in [0.15, 0.2) is 0 Å². The molecule has 0 saturated carbocycles. The van der Waals surface area contributed by atoms with Crippen LogP contribution in [-0.2, 0) is 0 Å². The number of thioether (sulfide) groups is 1. The summed E-state index contributed by atoms with van der Waals surface area (Å²) in [6.45, 7) is 6.87. The van der Waals surface area contributed by atoms with Gasteiger partial charge in [-0.25, -0.2) is 0 Å². The number of benzene rings is 1. The van der Waals surface area contributed by atoms with Gasteiger partial charge in [-0.15, -0.1) is 0 Å². The highest BCUT2D eigenvalue weighted by molar-refractivity contribution is 8.03. The first-order valence-electron chi connectivity index (χ1n) is 4.02. The zero-order chi connectivity index (χ0) is 9.90. The number of thiocyanates is 1. The molecule has 0 fully saturated rings. The molecule has 3 heteroatoms. The van der Waals surface area contributed by atoms with Crippen molar-refractivity contribution in [3.05, 3.63) is 24.3 Å². The Labute approximate surface area is 84.5 Å². The highest BCUT2D eigenvalue weighted by Crippen LogP contribution is 2.44. The van der Waals surface area contributed by atoms with Crippen molar-refractivity contribution in [2.75, 3.05) is 20.0 Å². The lowest BCUT2D eigenvalue weighted by molar-refractivity contribution is 1.48. The van der Waals surface area contributed by atoms with Gasteiger partial charge in [0.25, 0.3) is 0 Å². The van der Waals surface area contributed by atoms with Gasteiger partial charge in [-0.05, 0) is 36.0 Å². The minimum absolute atomic E-state index is 0.899. The summed E-state index contributed by atoms with van der Waals surface area (Å²) in [6, 6.07) is 8.31. The number of nitriles is 1. The van der Waals surface area contributed by atoms with Gasteiger partial charge in [0.1, 0.15) is 5.40 Å². The summed E-state index contributed by atoms with van der Waals surface area (Å²) in [5.41, 5.74) is 0. The van der Waals surface area contributed by atoms with Gasteiger partial charge in [0, 0.05) is 12.2 Å². The molecule has 0 aliphatic carbocycles. The van der Waals surface area contributed by atoms with Crippen LogP contribution in [0.15, 0.2) is 29.2 Å². The second-order valence-electron chi connectivity index (χ2n) is 3.70. The third-order valence-electron chi connectivity index (χ3n) is 1.77. The standard InChI is InChI=1S/C10H13NPS/c1-12(2,3)9-4-6-10(7-5-9)13-8-11/h4-7H,1-3H3/q+1. The Morgan fingerprint density at radius 2 is 1.69 bits per heavy atom. The molecular weight excluding hydrogens is 197 g/mol. The molecule has 0 aromatic heterocycles. The molecule has 0 atom stereocenters. The second kappa shape index (κ2) is 4.13. The number of hydrogen-bond donors (Lipinski definition) is 0. The van der Waals surface area contributed by atoms with Crippen molar-refractivity contribution >= 4 is 24.3 Å². The maximum atomic E-state index is 8.47. The van der Waals surface area contributed by atoms with E-state index in [2.05, 4.69) is 37.5 Å².